The van der Waals surface area contributed by atoms with E-state index in [2.05, 4.69) is 159 Å². The Balaban J connectivity index is 0.000000106. The van der Waals surface area contributed by atoms with Gasteiger partial charge in [-0.05, 0) is 314 Å². The van der Waals surface area contributed by atoms with E-state index in [1.807, 2.05) is 0 Å². The zero-order valence-electron chi connectivity index (χ0n) is 48.4. The second-order valence-electron chi connectivity index (χ2n) is 27.2. The molecule has 3 unspecified atom stereocenters. The lowest BCUT2D eigenvalue weighted by atomic mass is 9.50. The molecule has 10 aliphatic rings. The normalized spacial score (nSPS) is 30.1. The molecule has 3 atom stereocenters. The minimum atomic E-state index is 0.596. The number of hydrogen-bond acceptors (Lipinski definition) is 0. The lowest BCUT2D eigenvalue weighted by Crippen LogP contribution is -2.43. The van der Waals surface area contributed by atoms with Crippen LogP contribution < -0.4 is 0 Å². The lowest BCUT2D eigenvalue weighted by molar-refractivity contribution is -0.00279. The molecule has 5 aromatic rings. The van der Waals surface area contributed by atoms with E-state index in [1.165, 1.54) is 191 Å². The van der Waals surface area contributed by atoms with E-state index < -0.39 is 0 Å². The Bertz CT molecular complexity index is 2590. The van der Waals surface area contributed by atoms with Gasteiger partial charge in [-0.25, -0.2) is 0 Å². The van der Waals surface area contributed by atoms with E-state index in [4.69, 9.17) is 0 Å². The molecule has 5 aromatic carbocycles. The van der Waals surface area contributed by atoms with Crippen molar-refractivity contribution in [3.8, 4) is 0 Å². The summed E-state index contributed by atoms with van der Waals surface area (Å²) >= 11 is 0. The molecule has 8 bridgehead atoms. The van der Waals surface area contributed by atoms with Crippen LogP contribution in [-0.4, -0.2) is 0 Å². The van der Waals surface area contributed by atoms with Gasteiger partial charge in [0.25, 0.3) is 0 Å². The fraction of sp³-hybridized carbons (Fsp3) is 0.595. The monoisotopic (exact) mass is 989 g/mol. The van der Waals surface area contributed by atoms with Gasteiger partial charge < -0.3 is 0 Å². The fourth-order valence-electron chi connectivity index (χ4n) is 17.3. The molecular formula is C74H100. The Morgan fingerprint density at radius 3 is 1.19 bits per heavy atom. The summed E-state index contributed by atoms with van der Waals surface area (Å²) in [5.41, 5.74) is 21.6. The molecule has 0 saturated heterocycles. The van der Waals surface area contributed by atoms with E-state index in [0.29, 0.717) is 5.41 Å². The maximum Gasteiger partial charge on any atom is -0.00441 e. The van der Waals surface area contributed by atoms with Crippen LogP contribution in [0.1, 0.15) is 249 Å². The fourth-order valence-corrected chi connectivity index (χ4v) is 17.3. The summed E-state index contributed by atoms with van der Waals surface area (Å²) in [6.07, 6.45) is 33.8. The van der Waals surface area contributed by atoms with Crippen molar-refractivity contribution in [3.05, 3.63) is 175 Å². The number of fused-ring (bicyclic) bond motifs is 4. The molecule has 10 aliphatic carbocycles. The summed E-state index contributed by atoms with van der Waals surface area (Å²) in [5.74, 6) is 10.8. The van der Waals surface area contributed by atoms with Gasteiger partial charge in [0.15, 0.2) is 0 Å². The maximum atomic E-state index is 2.49. The van der Waals surface area contributed by atoms with Crippen LogP contribution in [0.15, 0.2) is 97.1 Å². The Kier molecular flexibility index (Phi) is 17.2. The van der Waals surface area contributed by atoms with Crippen molar-refractivity contribution >= 4 is 0 Å². The average Bonchev–Trinajstić information content (AvgIpc) is 4.29. The molecule has 0 aliphatic heterocycles. The van der Waals surface area contributed by atoms with Crippen LogP contribution in [0.5, 0.6) is 0 Å². The quantitative estimate of drug-likeness (QED) is 0.165. The van der Waals surface area contributed by atoms with E-state index >= 15 is 0 Å². The molecule has 0 nitrogen and oxygen atoms in total. The van der Waals surface area contributed by atoms with Crippen molar-refractivity contribution in [3.63, 3.8) is 0 Å². The van der Waals surface area contributed by atoms with Gasteiger partial charge in [-0.3, -0.25) is 0 Å². The van der Waals surface area contributed by atoms with Crippen molar-refractivity contribution in [2.75, 3.05) is 0 Å². The Morgan fingerprint density at radius 2 is 0.757 bits per heavy atom. The first-order valence-corrected chi connectivity index (χ1v) is 31.1. The Labute approximate surface area is 453 Å². The van der Waals surface area contributed by atoms with Crippen LogP contribution in [0.25, 0.3) is 0 Å². The third-order valence-electron chi connectivity index (χ3n) is 22.2. The zero-order valence-corrected chi connectivity index (χ0v) is 48.4. The van der Waals surface area contributed by atoms with Gasteiger partial charge in [0.05, 0.1) is 0 Å². The molecule has 0 radical (unpaired) electrons. The SMILES string of the molecule is Cc1ccc(C23CCC(CC2)C3)cc1.Cc1ccc(C2C3CC4CC(C3)CC2C4)cc1C.Cc1ccc(C2CC3CCC2C3)cc1C.Cc1ccc(C2CCCC2)cc1C.Cc1ccc(C2CCCCC2)cc1C. The van der Waals surface area contributed by atoms with Gasteiger partial charge in [0.2, 0.25) is 0 Å². The topological polar surface area (TPSA) is 0 Å². The van der Waals surface area contributed by atoms with Crippen molar-refractivity contribution in [1.29, 1.82) is 0 Å². The average molecular weight is 990 g/mol. The highest BCUT2D eigenvalue weighted by Crippen LogP contribution is 2.60. The minimum Gasteiger partial charge on any atom is -0.0590 e. The first kappa shape index (κ1) is 53.5. The van der Waals surface area contributed by atoms with Gasteiger partial charge in [-0.15, -0.1) is 0 Å². The lowest BCUT2D eigenvalue weighted by Gasteiger charge is -2.54. The molecular weight excluding hydrogens is 889 g/mol. The maximum absolute atomic E-state index is 2.49. The van der Waals surface area contributed by atoms with E-state index in [-0.39, 0.29) is 0 Å². The Hall–Kier alpha value is -3.90. The Morgan fingerprint density at radius 1 is 0.324 bits per heavy atom. The van der Waals surface area contributed by atoms with Gasteiger partial charge in [-0.2, -0.15) is 0 Å². The van der Waals surface area contributed by atoms with Gasteiger partial charge in [0.1, 0.15) is 0 Å². The highest BCUT2D eigenvalue weighted by Gasteiger charge is 2.49. The largest absolute Gasteiger partial charge is 0.0590 e. The van der Waals surface area contributed by atoms with Crippen molar-refractivity contribution < 1.29 is 0 Å². The summed E-state index contributed by atoms with van der Waals surface area (Å²) in [6.45, 7) is 20.0. The van der Waals surface area contributed by atoms with Gasteiger partial charge in [0, 0.05) is 0 Å². The van der Waals surface area contributed by atoms with Crippen LogP contribution in [-0.2, 0) is 5.41 Å². The molecule has 10 fully saturated rings. The van der Waals surface area contributed by atoms with Gasteiger partial charge >= 0.3 is 0 Å². The van der Waals surface area contributed by atoms with Crippen LogP contribution in [0.4, 0.5) is 0 Å². The third-order valence-corrected chi connectivity index (χ3v) is 22.2. The van der Waals surface area contributed by atoms with Crippen molar-refractivity contribution in [2.45, 2.75) is 239 Å². The molecule has 0 heteroatoms. The molecule has 74 heavy (non-hydrogen) atoms. The van der Waals surface area contributed by atoms with E-state index in [9.17, 15) is 0 Å². The molecule has 15 rings (SSSR count). The van der Waals surface area contributed by atoms with Crippen LogP contribution >= 0.6 is 0 Å². The summed E-state index contributed by atoms with van der Waals surface area (Å²) < 4.78 is 0. The van der Waals surface area contributed by atoms with E-state index in [0.717, 1.165) is 65.1 Å². The summed E-state index contributed by atoms with van der Waals surface area (Å²) in [6, 6.07) is 37.6. The predicted octanol–water partition coefficient (Wildman–Crippen LogP) is 21.2. The molecule has 0 spiro atoms. The number of hydrogen-bond donors (Lipinski definition) is 0. The number of rotatable bonds is 5. The van der Waals surface area contributed by atoms with Gasteiger partial charge in [-0.1, -0.05) is 141 Å². The van der Waals surface area contributed by atoms with Crippen molar-refractivity contribution in [2.24, 2.45) is 41.4 Å². The highest BCUT2D eigenvalue weighted by molar-refractivity contribution is 5.37. The minimum absolute atomic E-state index is 0.596. The summed E-state index contributed by atoms with van der Waals surface area (Å²) in [7, 11) is 0. The molecule has 0 heterocycles. The molecule has 0 aromatic heterocycles. The first-order valence-electron chi connectivity index (χ1n) is 31.1. The second-order valence-corrected chi connectivity index (χ2v) is 27.2. The van der Waals surface area contributed by atoms with Crippen LogP contribution in [0, 0.1) is 104 Å². The van der Waals surface area contributed by atoms with Crippen LogP contribution in [0.3, 0.4) is 0 Å². The first-order chi connectivity index (χ1) is 35.8. The van der Waals surface area contributed by atoms with Crippen LogP contribution in [0.2, 0.25) is 0 Å². The zero-order chi connectivity index (χ0) is 51.5. The molecule has 396 valence electrons. The predicted molar refractivity (Wildman–Crippen MR) is 318 cm³/mol. The van der Waals surface area contributed by atoms with E-state index in [1.54, 1.807) is 34.2 Å². The smallest absolute Gasteiger partial charge is 0.00441 e. The second kappa shape index (κ2) is 23.8. The summed E-state index contributed by atoms with van der Waals surface area (Å²) in [5, 5.41) is 0. The number of benzene rings is 5. The third kappa shape index (κ3) is 12.4. The van der Waals surface area contributed by atoms with Crippen molar-refractivity contribution in [1.82, 2.24) is 0 Å². The summed E-state index contributed by atoms with van der Waals surface area (Å²) in [4.78, 5) is 0. The standard InChI is InChI=1S/C18H24.C15H20.C14H18.C14H20.C13H18/c1-11-3-4-15(5-12(11)2)18-16-7-13-6-14(9-16)10-17(18)8-13;1-10-3-5-13(7-11(10)2)15-9-12-4-6-14(15)8-12;1-11-2-4-13(5-3-11)14-8-6-12(10-14)7-9-14;1-11-8-9-14(10-12(11)2)13-6-4-3-5-7-13;1-10-7-8-13(9-11(10)2)12-5-3-4-6-12/h3-5,13-14,16-18H,6-10H2,1-2H3;3,5,7,12,14-15H,4,6,8-9H2,1-2H3;2-5,12H,6-10H2,1H3;8-10,13H,3-7H2,1-2H3;7-9,12H,3-6H2,1-2H3. The molecule has 10 saturated carbocycles. The highest BCUT2D eigenvalue weighted by atomic mass is 14.5. The molecule has 0 amide bonds. The molecule has 0 N–H and O–H groups in total. The number of aryl methyl sites for hydroxylation is 9.